The van der Waals surface area contributed by atoms with Gasteiger partial charge in [0.05, 0.1) is 0 Å². The average Bonchev–Trinajstić information content (AvgIpc) is 1.90. The van der Waals surface area contributed by atoms with E-state index in [9.17, 15) is 0 Å². The summed E-state index contributed by atoms with van der Waals surface area (Å²) in [6.45, 7) is 0. The lowest BCUT2D eigenvalue weighted by atomic mass is 10.3. The number of rotatable bonds is 1. The number of pyridine rings is 1. The second-order valence-corrected chi connectivity index (χ2v) is 1.38. The van der Waals surface area contributed by atoms with Gasteiger partial charge in [-0.2, -0.15) is 0 Å². The van der Waals surface area contributed by atoms with Crippen molar-refractivity contribution in [1.82, 2.24) is 4.98 Å². The number of hydrogen-bond acceptors (Lipinski definition) is 2. The minimum atomic E-state index is 0.875. The Hall–Kier alpha value is -0.985. The second kappa shape index (κ2) is 2.35. The first-order valence-electron chi connectivity index (χ1n) is 2.30. The van der Waals surface area contributed by atoms with Gasteiger partial charge in [0.2, 0.25) is 7.98 Å². The van der Waals surface area contributed by atoms with Gasteiger partial charge in [0.1, 0.15) is 0 Å². The van der Waals surface area contributed by atoms with Crippen LogP contribution in [0.5, 0.6) is 0 Å². The molecule has 0 aliphatic carbocycles. The summed E-state index contributed by atoms with van der Waals surface area (Å²) in [5.41, 5.74) is 0.875. The van der Waals surface area contributed by atoms with Crippen molar-refractivity contribution in [2.75, 3.05) is 5.23 Å². The Labute approximate surface area is 49.4 Å². The third-order valence-corrected chi connectivity index (χ3v) is 0.847. The molecule has 0 spiro atoms. The van der Waals surface area contributed by atoms with E-state index < -0.39 is 0 Å². The molecule has 0 aromatic carbocycles. The molecule has 0 atom stereocenters. The van der Waals surface area contributed by atoms with Crippen molar-refractivity contribution in [2.45, 2.75) is 0 Å². The lowest BCUT2D eigenvalue weighted by molar-refractivity contribution is 1.33. The largest absolute Gasteiger partial charge is 0.437 e. The van der Waals surface area contributed by atoms with Gasteiger partial charge < -0.3 is 5.23 Å². The molecule has 0 aliphatic heterocycles. The van der Waals surface area contributed by atoms with Crippen molar-refractivity contribution in [1.29, 1.82) is 0 Å². The predicted molar refractivity (Wildman–Crippen MR) is 33.6 cm³/mol. The van der Waals surface area contributed by atoms with Crippen LogP contribution in [0.15, 0.2) is 24.5 Å². The van der Waals surface area contributed by atoms with Crippen molar-refractivity contribution in [3.8, 4) is 0 Å². The van der Waals surface area contributed by atoms with Crippen LogP contribution < -0.4 is 5.23 Å². The van der Waals surface area contributed by atoms with Crippen LogP contribution in [-0.2, 0) is 0 Å². The highest BCUT2D eigenvalue weighted by Gasteiger charge is 1.78. The second-order valence-electron chi connectivity index (χ2n) is 1.38. The highest BCUT2D eigenvalue weighted by molar-refractivity contribution is 6.15. The summed E-state index contributed by atoms with van der Waals surface area (Å²) in [7, 11) is 5.07. The molecule has 0 unspecified atom stereocenters. The summed E-state index contributed by atoms with van der Waals surface area (Å²) < 4.78 is 0. The van der Waals surface area contributed by atoms with Crippen LogP contribution in [0.25, 0.3) is 0 Å². The molecule has 1 heterocycles. The first-order chi connectivity index (χ1) is 3.93. The molecule has 8 heavy (non-hydrogen) atoms. The number of anilines is 1. The van der Waals surface area contributed by atoms with Gasteiger partial charge in [-0.3, -0.25) is 4.98 Å². The topological polar surface area (TPSA) is 24.9 Å². The lowest BCUT2D eigenvalue weighted by Gasteiger charge is -1.93. The van der Waals surface area contributed by atoms with E-state index in [0.29, 0.717) is 0 Å². The monoisotopic (exact) mass is 104 g/mol. The third kappa shape index (κ3) is 0.995. The Morgan fingerprint density at radius 1 is 1.38 bits per heavy atom. The number of nitrogens with zero attached hydrogens (tertiary/aromatic N) is 1. The van der Waals surface area contributed by atoms with Crippen LogP contribution in [0.4, 0.5) is 5.69 Å². The maximum absolute atomic E-state index is 5.07. The van der Waals surface area contributed by atoms with E-state index in [1.54, 1.807) is 24.5 Å². The summed E-state index contributed by atoms with van der Waals surface area (Å²) >= 11 is 0. The molecule has 1 aromatic rings. The van der Waals surface area contributed by atoms with Crippen LogP contribution in [0.1, 0.15) is 0 Å². The SMILES string of the molecule is [B]Nc1ccncc1. The van der Waals surface area contributed by atoms with Crippen LogP contribution >= 0.6 is 0 Å². The molecule has 2 nitrogen and oxygen atoms in total. The molecule has 1 aromatic heterocycles. The Kier molecular flexibility index (Phi) is 1.52. The molecule has 2 radical (unpaired) electrons. The minimum absolute atomic E-state index is 0.875. The molecule has 0 amide bonds. The summed E-state index contributed by atoms with van der Waals surface area (Å²) in [6, 6.07) is 3.58. The van der Waals surface area contributed by atoms with Crippen LogP contribution in [0, 0.1) is 0 Å². The van der Waals surface area contributed by atoms with Crippen LogP contribution in [0.2, 0.25) is 0 Å². The molecule has 0 fully saturated rings. The summed E-state index contributed by atoms with van der Waals surface area (Å²) in [6.07, 6.45) is 3.35. The van der Waals surface area contributed by atoms with Gasteiger partial charge in [-0.25, -0.2) is 0 Å². The first kappa shape index (κ1) is 5.16. The fourth-order valence-corrected chi connectivity index (χ4v) is 0.448. The fraction of sp³-hybridized carbons (Fsp3) is 0. The van der Waals surface area contributed by atoms with Crippen LogP contribution in [-0.4, -0.2) is 13.0 Å². The van der Waals surface area contributed by atoms with Crippen molar-refractivity contribution < 1.29 is 0 Å². The Balaban J connectivity index is 2.83. The van der Waals surface area contributed by atoms with Gasteiger partial charge in [0, 0.05) is 18.1 Å². The fourth-order valence-electron chi connectivity index (χ4n) is 0.448. The van der Waals surface area contributed by atoms with Crippen LogP contribution in [0.3, 0.4) is 0 Å². The van der Waals surface area contributed by atoms with Gasteiger partial charge in [-0.15, -0.1) is 0 Å². The smallest absolute Gasteiger partial charge is 0.222 e. The molecule has 3 heteroatoms. The summed E-state index contributed by atoms with van der Waals surface area (Å²) in [4.78, 5) is 3.80. The van der Waals surface area contributed by atoms with Gasteiger partial charge in [-0.05, 0) is 12.1 Å². The summed E-state index contributed by atoms with van der Waals surface area (Å²) in [5.74, 6) is 0. The number of hydrogen-bond donors (Lipinski definition) is 1. The van der Waals surface area contributed by atoms with Crippen molar-refractivity contribution in [3.63, 3.8) is 0 Å². The van der Waals surface area contributed by atoms with E-state index in [1.165, 1.54) is 0 Å². The van der Waals surface area contributed by atoms with Crippen molar-refractivity contribution >= 4 is 13.7 Å². The van der Waals surface area contributed by atoms with Gasteiger partial charge in [0.15, 0.2) is 0 Å². The molecular formula is C5H5BN2. The van der Waals surface area contributed by atoms with Gasteiger partial charge in [-0.1, -0.05) is 0 Å². The standard InChI is InChI=1S/C5H5BN2/c6-8-5-1-3-7-4-2-5/h1-4H,(H,7,8). The molecule has 0 saturated carbocycles. The predicted octanol–water partition coefficient (Wildman–Crippen LogP) is 0.577. The van der Waals surface area contributed by atoms with E-state index in [-0.39, 0.29) is 0 Å². The van der Waals surface area contributed by atoms with E-state index in [4.69, 9.17) is 7.98 Å². The zero-order valence-electron chi connectivity index (χ0n) is 4.33. The molecule has 1 rings (SSSR count). The Bertz CT molecular complexity index is 152. The first-order valence-corrected chi connectivity index (χ1v) is 2.30. The van der Waals surface area contributed by atoms with E-state index in [2.05, 4.69) is 10.2 Å². The zero-order valence-corrected chi connectivity index (χ0v) is 4.33. The highest BCUT2D eigenvalue weighted by atomic mass is 14.7. The van der Waals surface area contributed by atoms with E-state index >= 15 is 0 Å². The third-order valence-electron chi connectivity index (χ3n) is 0.847. The number of nitrogens with one attached hydrogen (secondary N) is 1. The Morgan fingerprint density at radius 3 is 2.38 bits per heavy atom. The molecule has 0 aliphatic rings. The molecule has 1 N–H and O–H groups in total. The zero-order chi connectivity index (χ0) is 5.82. The van der Waals surface area contributed by atoms with E-state index in [0.717, 1.165) is 5.69 Å². The normalized spacial score (nSPS) is 8.50. The molecule has 38 valence electrons. The number of aromatic nitrogens is 1. The summed E-state index contributed by atoms with van der Waals surface area (Å²) in [5, 5.41) is 2.49. The van der Waals surface area contributed by atoms with Crippen molar-refractivity contribution in [2.24, 2.45) is 0 Å². The maximum atomic E-state index is 5.07. The molecular weight excluding hydrogens is 98.9 g/mol. The van der Waals surface area contributed by atoms with Crippen molar-refractivity contribution in [3.05, 3.63) is 24.5 Å². The van der Waals surface area contributed by atoms with Gasteiger partial charge in [0.25, 0.3) is 0 Å². The molecule has 0 saturated heterocycles. The molecule has 0 bridgehead atoms. The Morgan fingerprint density at radius 2 is 2.00 bits per heavy atom. The highest BCUT2D eigenvalue weighted by Crippen LogP contribution is 1.98. The average molecular weight is 104 g/mol. The quantitative estimate of drug-likeness (QED) is 0.527. The van der Waals surface area contributed by atoms with E-state index in [1.807, 2.05) is 0 Å². The maximum Gasteiger partial charge on any atom is 0.222 e. The minimum Gasteiger partial charge on any atom is -0.437 e. The van der Waals surface area contributed by atoms with Gasteiger partial charge >= 0.3 is 0 Å². The lowest BCUT2D eigenvalue weighted by Crippen LogP contribution is -1.88.